The van der Waals surface area contributed by atoms with E-state index in [9.17, 15) is 9.18 Å². The lowest BCUT2D eigenvalue weighted by atomic mass is 10.0. The summed E-state index contributed by atoms with van der Waals surface area (Å²) in [6.45, 7) is 4.46. The normalized spacial score (nSPS) is 16.8. The second-order valence-corrected chi connectivity index (χ2v) is 5.00. The molecule has 0 saturated carbocycles. The van der Waals surface area contributed by atoms with Gasteiger partial charge < -0.3 is 14.5 Å². The topological polar surface area (TPSA) is 51.1 Å². The molecule has 0 saturated heterocycles. The van der Waals surface area contributed by atoms with Crippen LogP contribution in [-0.4, -0.2) is 49.4 Å². The summed E-state index contributed by atoms with van der Waals surface area (Å²) < 4.78 is 18.1. The minimum atomic E-state index is -0.313. The van der Waals surface area contributed by atoms with Gasteiger partial charge in [0.2, 0.25) is 5.91 Å². The molecule has 0 spiro atoms. The van der Waals surface area contributed by atoms with Gasteiger partial charge in [-0.05, 0) is 12.1 Å². The van der Waals surface area contributed by atoms with E-state index in [1.807, 2.05) is 0 Å². The van der Waals surface area contributed by atoms with Gasteiger partial charge in [-0.2, -0.15) is 0 Å². The molecule has 0 aliphatic carbocycles. The third-order valence-electron chi connectivity index (χ3n) is 3.28. The van der Waals surface area contributed by atoms with Crippen molar-refractivity contribution < 1.29 is 18.8 Å². The number of benzene rings is 1. The maximum absolute atomic E-state index is 13.2. The summed E-state index contributed by atoms with van der Waals surface area (Å²) in [7, 11) is 1.47. The van der Waals surface area contributed by atoms with Crippen LogP contribution in [0, 0.1) is 5.82 Å². The monoisotopic (exact) mass is 306 g/mol. The van der Waals surface area contributed by atoms with E-state index in [2.05, 4.69) is 11.7 Å². The van der Waals surface area contributed by atoms with Gasteiger partial charge in [0.05, 0.1) is 12.3 Å². The number of hydrogen-bond donors (Lipinski definition) is 0. The highest BCUT2D eigenvalue weighted by atomic mass is 19.1. The van der Waals surface area contributed by atoms with Crippen molar-refractivity contribution in [1.29, 1.82) is 0 Å². The van der Waals surface area contributed by atoms with Crippen LogP contribution in [0.3, 0.4) is 0 Å². The van der Waals surface area contributed by atoms with Crippen LogP contribution in [0.25, 0.3) is 0 Å². The Bertz CT molecular complexity index is 574. The minimum Gasteiger partial charge on any atom is -0.390 e. The van der Waals surface area contributed by atoms with Crippen LogP contribution in [0.1, 0.15) is 12.0 Å². The standard InChI is InChI=1S/C16H19FN2O3/c1-3-7-19(16(20)11-21-2)10-14-9-15(18-22-14)12-5-4-6-13(17)8-12/h3-6,8,14H,1,7,9-11H2,2H3. The molecule has 1 aliphatic rings. The first-order chi connectivity index (χ1) is 10.6. The van der Waals surface area contributed by atoms with E-state index in [-0.39, 0.29) is 24.4 Å². The molecular formula is C16H19FN2O3. The van der Waals surface area contributed by atoms with Gasteiger partial charge in [-0.25, -0.2) is 4.39 Å². The Morgan fingerprint density at radius 1 is 1.64 bits per heavy atom. The molecule has 1 aromatic rings. The first-order valence-corrected chi connectivity index (χ1v) is 7.00. The fourth-order valence-corrected chi connectivity index (χ4v) is 2.26. The summed E-state index contributed by atoms with van der Waals surface area (Å²) in [5.74, 6) is -0.447. The first-order valence-electron chi connectivity index (χ1n) is 7.00. The molecule has 1 aromatic carbocycles. The lowest BCUT2D eigenvalue weighted by Gasteiger charge is -2.23. The van der Waals surface area contributed by atoms with Crippen molar-refractivity contribution in [2.45, 2.75) is 12.5 Å². The summed E-state index contributed by atoms with van der Waals surface area (Å²) >= 11 is 0. The van der Waals surface area contributed by atoms with Crippen molar-refractivity contribution in [3.8, 4) is 0 Å². The highest BCUT2D eigenvalue weighted by molar-refractivity contribution is 6.01. The molecule has 0 aromatic heterocycles. The molecule has 0 bridgehead atoms. The molecule has 0 N–H and O–H groups in total. The zero-order valence-electron chi connectivity index (χ0n) is 12.5. The molecule has 22 heavy (non-hydrogen) atoms. The Morgan fingerprint density at radius 3 is 3.14 bits per heavy atom. The summed E-state index contributed by atoms with van der Waals surface area (Å²) in [6.07, 6.45) is 1.92. The molecule has 1 aliphatic heterocycles. The third kappa shape index (κ3) is 4.14. The SMILES string of the molecule is C=CCN(CC1CC(c2cccc(F)c2)=NO1)C(=O)COC. The van der Waals surface area contributed by atoms with Gasteiger partial charge in [0, 0.05) is 25.6 Å². The van der Waals surface area contributed by atoms with Crippen molar-refractivity contribution >= 4 is 11.6 Å². The van der Waals surface area contributed by atoms with Crippen molar-refractivity contribution in [3.05, 3.63) is 48.3 Å². The highest BCUT2D eigenvalue weighted by Gasteiger charge is 2.26. The fourth-order valence-electron chi connectivity index (χ4n) is 2.26. The summed E-state index contributed by atoms with van der Waals surface area (Å²) in [4.78, 5) is 18.9. The number of halogens is 1. The number of amides is 1. The summed E-state index contributed by atoms with van der Waals surface area (Å²) in [5, 5.41) is 4.00. The number of carbonyl (C=O) groups excluding carboxylic acids is 1. The first kappa shape index (κ1) is 16.2. The molecule has 6 heteroatoms. The molecule has 0 radical (unpaired) electrons. The molecule has 2 rings (SSSR count). The van der Waals surface area contributed by atoms with Gasteiger partial charge in [0.25, 0.3) is 0 Å². The molecule has 0 fully saturated rings. The average Bonchev–Trinajstić information content (AvgIpc) is 2.96. The Hall–Kier alpha value is -2.21. The van der Waals surface area contributed by atoms with Gasteiger partial charge in [0.15, 0.2) is 6.10 Å². The fraction of sp³-hybridized carbons (Fsp3) is 0.375. The molecule has 1 heterocycles. The lowest BCUT2D eigenvalue weighted by Crippen LogP contribution is -2.39. The molecular weight excluding hydrogens is 287 g/mol. The van der Waals surface area contributed by atoms with E-state index in [1.165, 1.54) is 19.2 Å². The van der Waals surface area contributed by atoms with Crippen molar-refractivity contribution in [2.24, 2.45) is 5.16 Å². The number of oxime groups is 1. The van der Waals surface area contributed by atoms with Gasteiger partial charge in [0.1, 0.15) is 12.4 Å². The van der Waals surface area contributed by atoms with Crippen molar-refractivity contribution in [3.63, 3.8) is 0 Å². The smallest absolute Gasteiger partial charge is 0.248 e. The molecule has 1 unspecified atom stereocenters. The average molecular weight is 306 g/mol. The second-order valence-electron chi connectivity index (χ2n) is 5.00. The van der Waals surface area contributed by atoms with Crippen molar-refractivity contribution in [2.75, 3.05) is 26.8 Å². The van der Waals surface area contributed by atoms with E-state index >= 15 is 0 Å². The van der Waals surface area contributed by atoms with Gasteiger partial charge in [-0.1, -0.05) is 23.4 Å². The van der Waals surface area contributed by atoms with Crippen LogP contribution < -0.4 is 0 Å². The van der Waals surface area contributed by atoms with Gasteiger partial charge >= 0.3 is 0 Å². The molecule has 5 nitrogen and oxygen atoms in total. The maximum atomic E-state index is 13.2. The minimum absolute atomic E-state index is 0.0121. The lowest BCUT2D eigenvalue weighted by molar-refractivity contribution is -0.136. The number of ether oxygens (including phenoxy) is 1. The predicted molar refractivity (Wildman–Crippen MR) is 81.1 cm³/mol. The second kappa shape index (κ2) is 7.70. The van der Waals surface area contributed by atoms with Gasteiger partial charge in [-0.3, -0.25) is 4.79 Å². The van der Waals surface area contributed by atoms with Crippen molar-refractivity contribution in [1.82, 2.24) is 4.90 Å². The van der Waals surface area contributed by atoms with E-state index < -0.39 is 0 Å². The van der Waals surface area contributed by atoms with Crippen LogP contribution in [0.2, 0.25) is 0 Å². The number of carbonyl (C=O) groups is 1. The van der Waals surface area contributed by atoms with E-state index in [0.29, 0.717) is 30.8 Å². The number of nitrogens with zero attached hydrogens (tertiary/aromatic N) is 2. The third-order valence-corrected chi connectivity index (χ3v) is 3.28. The Labute approximate surface area is 129 Å². The van der Waals surface area contributed by atoms with E-state index in [0.717, 1.165) is 0 Å². The number of methoxy groups -OCH3 is 1. The summed E-state index contributed by atoms with van der Waals surface area (Å²) in [6, 6.07) is 6.21. The number of rotatable bonds is 7. The highest BCUT2D eigenvalue weighted by Crippen LogP contribution is 2.18. The quantitative estimate of drug-likeness (QED) is 0.724. The van der Waals surface area contributed by atoms with Crippen LogP contribution in [0.15, 0.2) is 42.1 Å². The van der Waals surface area contributed by atoms with Crippen LogP contribution >= 0.6 is 0 Å². The molecule has 1 atom stereocenters. The zero-order chi connectivity index (χ0) is 15.9. The van der Waals surface area contributed by atoms with Crippen LogP contribution in [0.5, 0.6) is 0 Å². The predicted octanol–water partition coefficient (Wildman–Crippen LogP) is 1.98. The molecule has 118 valence electrons. The Balaban J connectivity index is 1.96. The van der Waals surface area contributed by atoms with Crippen LogP contribution in [0.4, 0.5) is 4.39 Å². The maximum Gasteiger partial charge on any atom is 0.248 e. The van der Waals surface area contributed by atoms with Gasteiger partial charge in [-0.15, -0.1) is 6.58 Å². The Morgan fingerprint density at radius 2 is 2.45 bits per heavy atom. The van der Waals surface area contributed by atoms with E-state index in [4.69, 9.17) is 9.57 Å². The Kier molecular flexibility index (Phi) is 5.66. The molecule has 1 amide bonds. The zero-order valence-corrected chi connectivity index (χ0v) is 12.5. The van der Waals surface area contributed by atoms with E-state index in [1.54, 1.807) is 23.1 Å². The van der Waals surface area contributed by atoms with Crippen LogP contribution in [-0.2, 0) is 14.4 Å². The largest absolute Gasteiger partial charge is 0.390 e. The number of hydrogen-bond acceptors (Lipinski definition) is 4. The summed E-state index contributed by atoms with van der Waals surface area (Å²) in [5.41, 5.74) is 1.38.